The minimum atomic E-state index is -2.64. The molecule has 3 rings (SSSR count). The molecular weight excluding hydrogens is 278 g/mol. The molecule has 0 saturated heterocycles. The monoisotopic (exact) mass is 290 g/mol. The van der Waals surface area contributed by atoms with E-state index in [9.17, 15) is 13.9 Å². The molecule has 108 valence electrons. The highest BCUT2D eigenvalue weighted by Gasteiger charge is 2.11. The molecule has 0 aliphatic carbocycles. The lowest BCUT2D eigenvalue weighted by atomic mass is 10.1. The molecule has 0 amide bonds. The number of ether oxygens (including phenoxy) is 1. The van der Waals surface area contributed by atoms with E-state index in [2.05, 4.69) is 4.98 Å². The Kier molecular flexibility index (Phi) is 3.43. The zero-order chi connectivity index (χ0) is 14.8. The summed E-state index contributed by atoms with van der Waals surface area (Å²) in [6, 6.07) is 10.3. The van der Waals surface area contributed by atoms with E-state index in [1.54, 1.807) is 30.3 Å². The second-order valence-electron chi connectivity index (χ2n) is 4.51. The molecule has 0 aliphatic rings. The number of phenolic OH excluding ortho intramolecular Hbond substituents is 1. The van der Waals surface area contributed by atoms with Crippen LogP contribution in [0.15, 0.2) is 48.8 Å². The number of alkyl halides is 2. The van der Waals surface area contributed by atoms with Crippen molar-refractivity contribution in [2.24, 2.45) is 0 Å². The average Bonchev–Trinajstić information content (AvgIpc) is 2.93. The minimum absolute atomic E-state index is 0.0539. The number of hydrogen-bond acceptors (Lipinski definition) is 3. The Hall–Kier alpha value is -2.63. The second-order valence-corrected chi connectivity index (χ2v) is 4.51. The van der Waals surface area contributed by atoms with Gasteiger partial charge in [0, 0.05) is 12.4 Å². The third kappa shape index (κ3) is 2.79. The molecule has 0 radical (unpaired) electrons. The average molecular weight is 290 g/mol. The van der Waals surface area contributed by atoms with Crippen LogP contribution in [0.25, 0.3) is 10.8 Å². The zero-order valence-corrected chi connectivity index (χ0v) is 10.9. The molecule has 4 nitrogen and oxygen atoms in total. The Morgan fingerprint density at radius 3 is 2.76 bits per heavy atom. The van der Waals surface area contributed by atoms with Crippen molar-refractivity contribution >= 4 is 10.8 Å². The first-order valence-electron chi connectivity index (χ1n) is 6.29. The normalized spacial score (nSPS) is 11.2. The van der Waals surface area contributed by atoms with Gasteiger partial charge in [-0.1, -0.05) is 12.1 Å². The Morgan fingerprint density at radius 2 is 1.95 bits per heavy atom. The van der Waals surface area contributed by atoms with E-state index in [1.807, 2.05) is 6.07 Å². The molecule has 1 N–H and O–H groups in total. The molecule has 0 aliphatic heterocycles. The molecule has 0 saturated carbocycles. The summed E-state index contributed by atoms with van der Waals surface area (Å²) >= 11 is 0. The third-order valence-electron chi connectivity index (χ3n) is 3.12. The van der Waals surface area contributed by atoms with E-state index in [0.29, 0.717) is 5.75 Å². The lowest BCUT2D eigenvalue weighted by molar-refractivity contribution is 0.0632. The topological polar surface area (TPSA) is 47.3 Å². The standard InChI is InChI=1S/C15H12F2N2O2/c16-15(17)19-6-5-18-14(19)9-21-13-4-2-10-1-3-12(20)7-11(10)8-13/h1-8,15,20H,9H2. The van der Waals surface area contributed by atoms with Crippen LogP contribution in [-0.2, 0) is 6.61 Å². The van der Waals surface area contributed by atoms with Gasteiger partial charge in [-0.15, -0.1) is 0 Å². The predicted octanol–water partition coefficient (Wildman–Crippen LogP) is 3.72. The molecule has 21 heavy (non-hydrogen) atoms. The van der Waals surface area contributed by atoms with Crippen molar-refractivity contribution in [1.29, 1.82) is 0 Å². The highest BCUT2D eigenvalue weighted by molar-refractivity contribution is 5.85. The number of phenols is 1. The van der Waals surface area contributed by atoms with Gasteiger partial charge >= 0.3 is 6.55 Å². The summed E-state index contributed by atoms with van der Waals surface area (Å²) in [4.78, 5) is 3.85. The summed E-state index contributed by atoms with van der Waals surface area (Å²) in [6.45, 7) is -2.69. The van der Waals surface area contributed by atoms with Crippen molar-refractivity contribution in [3.63, 3.8) is 0 Å². The Labute approximate surface area is 119 Å². The molecule has 6 heteroatoms. The first-order chi connectivity index (χ1) is 10.1. The molecule has 3 aromatic rings. The number of hydrogen-bond donors (Lipinski definition) is 1. The molecule has 2 aromatic carbocycles. The fourth-order valence-electron chi connectivity index (χ4n) is 2.08. The molecule has 1 aromatic heterocycles. The lowest BCUT2D eigenvalue weighted by Crippen LogP contribution is -2.07. The maximum atomic E-state index is 12.7. The molecule has 0 spiro atoms. The number of aromatic hydroxyl groups is 1. The van der Waals surface area contributed by atoms with Gasteiger partial charge in [0.2, 0.25) is 0 Å². The van der Waals surface area contributed by atoms with Gasteiger partial charge in [-0.25, -0.2) is 4.98 Å². The molecule has 0 bridgehead atoms. The van der Waals surface area contributed by atoms with Gasteiger partial charge < -0.3 is 9.84 Å². The molecule has 1 heterocycles. The summed E-state index contributed by atoms with van der Waals surface area (Å²) in [5.41, 5.74) is 0. The van der Waals surface area contributed by atoms with Crippen molar-refractivity contribution in [2.45, 2.75) is 13.2 Å². The smallest absolute Gasteiger partial charge is 0.320 e. The molecule has 0 fully saturated rings. The van der Waals surface area contributed by atoms with E-state index in [4.69, 9.17) is 4.74 Å². The quantitative estimate of drug-likeness (QED) is 0.796. The Morgan fingerprint density at radius 1 is 1.14 bits per heavy atom. The highest BCUT2D eigenvalue weighted by Crippen LogP contribution is 2.25. The van der Waals surface area contributed by atoms with E-state index >= 15 is 0 Å². The maximum absolute atomic E-state index is 12.7. The van der Waals surface area contributed by atoms with E-state index < -0.39 is 6.55 Å². The number of fused-ring (bicyclic) bond motifs is 1. The number of benzene rings is 2. The van der Waals surface area contributed by atoms with Crippen LogP contribution in [0, 0.1) is 0 Å². The van der Waals surface area contributed by atoms with Gasteiger partial charge in [0.25, 0.3) is 0 Å². The molecular formula is C15H12F2N2O2. The van der Waals surface area contributed by atoms with E-state index in [-0.39, 0.29) is 18.2 Å². The van der Waals surface area contributed by atoms with Crippen LogP contribution in [0.3, 0.4) is 0 Å². The van der Waals surface area contributed by atoms with Gasteiger partial charge in [-0.3, -0.25) is 4.57 Å². The highest BCUT2D eigenvalue weighted by atomic mass is 19.3. The van der Waals surface area contributed by atoms with Gasteiger partial charge in [-0.05, 0) is 35.0 Å². The third-order valence-corrected chi connectivity index (χ3v) is 3.12. The van der Waals surface area contributed by atoms with Crippen molar-refractivity contribution in [3.8, 4) is 11.5 Å². The van der Waals surface area contributed by atoms with Crippen molar-refractivity contribution in [3.05, 3.63) is 54.6 Å². The van der Waals surface area contributed by atoms with Crippen molar-refractivity contribution in [1.82, 2.24) is 9.55 Å². The number of aromatic nitrogens is 2. The fraction of sp³-hybridized carbons (Fsp3) is 0.133. The van der Waals surface area contributed by atoms with Crippen LogP contribution in [0.1, 0.15) is 12.4 Å². The van der Waals surface area contributed by atoms with Crippen LogP contribution in [0.2, 0.25) is 0 Å². The summed E-state index contributed by atoms with van der Waals surface area (Å²) in [7, 11) is 0. The largest absolute Gasteiger partial charge is 0.508 e. The number of rotatable bonds is 4. The first kappa shape index (κ1) is 13.4. The van der Waals surface area contributed by atoms with Gasteiger partial charge in [0.1, 0.15) is 18.1 Å². The van der Waals surface area contributed by atoms with Gasteiger partial charge in [0.05, 0.1) is 0 Å². The predicted molar refractivity (Wildman–Crippen MR) is 73.4 cm³/mol. The first-order valence-corrected chi connectivity index (χ1v) is 6.29. The van der Waals surface area contributed by atoms with Crippen LogP contribution in [0.4, 0.5) is 8.78 Å². The molecule has 0 atom stereocenters. The lowest BCUT2D eigenvalue weighted by Gasteiger charge is -2.09. The van der Waals surface area contributed by atoms with Crippen LogP contribution >= 0.6 is 0 Å². The summed E-state index contributed by atoms with van der Waals surface area (Å²) in [6.07, 6.45) is 2.52. The Bertz CT molecular complexity index is 771. The minimum Gasteiger partial charge on any atom is -0.508 e. The number of nitrogens with zero attached hydrogens (tertiary/aromatic N) is 2. The fourth-order valence-corrected chi connectivity index (χ4v) is 2.08. The van der Waals surface area contributed by atoms with Crippen molar-refractivity contribution in [2.75, 3.05) is 0 Å². The van der Waals surface area contributed by atoms with Gasteiger partial charge in [0.15, 0.2) is 5.82 Å². The van der Waals surface area contributed by atoms with Crippen LogP contribution < -0.4 is 4.74 Å². The number of halogens is 2. The zero-order valence-electron chi connectivity index (χ0n) is 10.9. The maximum Gasteiger partial charge on any atom is 0.320 e. The number of imidazole rings is 1. The van der Waals surface area contributed by atoms with Crippen molar-refractivity contribution < 1.29 is 18.6 Å². The summed E-state index contributed by atoms with van der Waals surface area (Å²) in [5, 5.41) is 11.2. The summed E-state index contributed by atoms with van der Waals surface area (Å²) in [5.74, 6) is 0.839. The molecule has 0 unspecified atom stereocenters. The summed E-state index contributed by atoms with van der Waals surface area (Å²) < 4.78 is 31.6. The van der Waals surface area contributed by atoms with E-state index in [1.165, 1.54) is 12.4 Å². The SMILES string of the molecule is Oc1ccc2ccc(OCc3nccn3C(F)F)cc2c1. The second kappa shape index (κ2) is 5.40. The van der Waals surface area contributed by atoms with E-state index in [0.717, 1.165) is 15.3 Å². The van der Waals surface area contributed by atoms with Crippen LogP contribution in [0.5, 0.6) is 11.5 Å². The van der Waals surface area contributed by atoms with Gasteiger partial charge in [-0.2, -0.15) is 8.78 Å². The van der Waals surface area contributed by atoms with Crippen LogP contribution in [-0.4, -0.2) is 14.7 Å². The Balaban J connectivity index is 1.80.